The van der Waals surface area contributed by atoms with E-state index in [0.29, 0.717) is 23.5 Å². The Kier molecular flexibility index (Phi) is 2.08. The van der Waals surface area contributed by atoms with Gasteiger partial charge < -0.3 is 15.8 Å². The van der Waals surface area contributed by atoms with Crippen LogP contribution in [0.3, 0.4) is 0 Å². The molecule has 3 fully saturated rings. The molecule has 1 saturated carbocycles. The molecule has 0 amide bonds. The van der Waals surface area contributed by atoms with Crippen LogP contribution < -0.4 is 11.1 Å². The van der Waals surface area contributed by atoms with Crippen molar-refractivity contribution in [3.8, 4) is 0 Å². The van der Waals surface area contributed by atoms with Crippen molar-refractivity contribution in [2.24, 2.45) is 17.1 Å². The third-order valence-electron chi connectivity index (χ3n) is 4.64. The van der Waals surface area contributed by atoms with E-state index >= 15 is 0 Å². The molecular weight excluding hydrogens is 176 g/mol. The van der Waals surface area contributed by atoms with E-state index in [2.05, 4.69) is 5.32 Å². The lowest BCUT2D eigenvalue weighted by Gasteiger charge is -2.38. The van der Waals surface area contributed by atoms with Crippen LogP contribution in [0, 0.1) is 11.3 Å². The third kappa shape index (κ3) is 1.16. The smallest absolute Gasteiger partial charge is 0.0625 e. The molecule has 2 saturated heterocycles. The topological polar surface area (TPSA) is 47.3 Å². The van der Waals surface area contributed by atoms with Gasteiger partial charge in [-0.05, 0) is 44.2 Å². The summed E-state index contributed by atoms with van der Waals surface area (Å²) in [7, 11) is 0. The van der Waals surface area contributed by atoms with Crippen molar-refractivity contribution in [3.05, 3.63) is 0 Å². The number of fused-ring (bicyclic) bond motifs is 1. The second-order valence-corrected chi connectivity index (χ2v) is 5.20. The van der Waals surface area contributed by atoms with E-state index in [1.807, 2.05) is 0 Å². The SMILES string of the molecule is NC1C2CCOC2CC12CCNCC2. The lowest BCUT2D eigenvalue weighted by atomic mass is 9.73. The molecule has 80 valence electrons. The highest BCUT2D eigenvalue weighted by molar-refractivity contribution is 5.07. The Hall–Kier alpha value is -0.120. The Labute approximate surface area is 85.4 Å². The molecule has 2 aliphatic heterocycles. The van der Waals surface area contributed by atoms with Crippen molar-refractivity contribution in [2.45, 2.75) is 37.8 Å². The summed E-state index contributed by atoms with van der Waals surface area (Å²) < 4.78 is 5.77. The quantitative estimate of drug-likeness (QED) is 0.593. The molecule has 1 aliphatic carbocycles. The van der Waals surface area contributed by atoms with Gasteiger partial charge in [0.1, 0.15) is 0 Å². The molecule has 0 aromatic rings. The summed E-state index contributed by atoms with van der Waals surface area (Å²) in [5.74, 6) is 0.660. The van der Waals surface area contributed by atoms with Crippen LogP contribution in [0.25, 0.3) is 0 Å². The molecule has 3 N–H and O–H groups in total. The van der Waals surface area contributed by atoms with Gasteiger partial charge in [-0.15, -0.1) is 0 Å². The lowest BCUT2D eigenvalue weighted by Crippen LogP contribution is -2.47. The van der Waals surface area contributed by atoms with Crippen LogP contribution in [0.1, 0.15) is 25.7 Å². The van der Waals surface area contributed by atoms with E-state index in [9.17, 15) is 0 Å². The highest BCUT2D eigenvalue weighted by atomic mass is 16.5. The summed E-state index contributed by atoms with van der Waals surface area (Å²) in [6.45, 7) is 3.23. The molecule has 0 radical (unpaired) electrons. The first-order chi connectivity index (χ1) is 6.82. The predicted molar refractivity (Wildman–Crippen MR) is 55.0 cm³/mol. The predicted octanol–water partition coefficient (Wildman–Crippen LogP) is 0.492. The number of hydrogen-bond donors (Lipinski definition) is 2. The molecule has 3 nitrogen and oxygen atoms in total. The summed E-state index contributed by atoms with van der Waals surface area (Å²) in [6.07, 6.45) is 5.42. The molecule has 3 heteroatoms. The summed E-state index contributed by atoms with van der Waals surface area (Å²) in [5, 5.41) is 3.43. The van der Waals surface area contributed by atoms with E-state index < -0.39 is 0 Å². The Bertz CT molecular complexity index is 225. The van der Waals surface area contributed by atoms with Crippen molar-refractivity contribution in [2.75, 3.05) is 19.7 Å². The first kappa shape index (κ1) is 9.13. The van der Waals surface area contributed by atoms with Crippen LogP contribution in [-0.4, -0.2) is 31.8 Å². The summed E-state index contributed by atoms with van der Waals surface area (Å²) in [5.41, 5.74) is 6.84. The van der Waals surface area contributed by atoms with Crippen LogP contribution in [-0.2, 0) is 4.74 Å². The van der Waals surface area contributed by atoms with Gasteiger partial charge in [-0.1, -0.05) is 0 Å². The molecule has 0 aromatic carbocycles. The summed E-state index contributed by atoms with van der Waals surface area (Å²) in [4.78, 5) is 0. The summed E-state index contributed by atoms with van der Waals surface area (Å²) in [6, 6.07) is 0.400. The monoisotopic (exact) mass is 196 g/mol. The van der Waals surface area contributed by atoms with Crippen molar-refractivity contribution in [3.63, 3.8) is 0 Å². The maximum Gasteiger partial charge on any atom is 0.0625 e. The molecule has 3 atom stereocenters. The number of ether oxygens (including phenoxy) is 1. The second kappa shape index (κ2) is 3.19. The molecule has 0 bridgehead atoms. The van der Waals surface area contributed by atoms with Gasteiger partial charge in [0, 0.05) is 18.6 Å². The van der Waals surface area contributed by atoms with Crippen molar-refractivity contribution in [1.29, 1.82) is 0 Å². The van der Waals surface area contributed by atoms with E-state index in [0.717, 1.165) is 19.7 Å². The first-order valence-electron chi connectivity index (χ1n) is 5.90. The maximum absolute atomic E-state index is 6.42. The van der Waals surface area contributed by atoms with Crippen LogP contribution in [0.2, 0.25) is 0 Å². The molecule has 0 aromatic heterocycles. The Morgan fingerprint density at radius 2 is 2.07 bits per heavy atom. The number of piperidine rings is 1. The average Bonchev–Trinajstić information content (AvgIpc) is 2.73. The van der Waals surface area contributed by atoms with Crippen molar-refractivity contribution < 1.29 is 4.74 Å². The zero-order valence-corrected chi connectivity index (χ0v) is 8.67. The average molecular weight is 196 g/mol. The van der Waals surface area contributed by atoms with Crippen LogP contribution in [0.5, 0.6) is 0 Å². The lowest BCUT2D eigenvalue weighted by molar-refractivity contribution is 0.0782. The minimum absolute atomic E-state index is 0.400. The third-order valence-corrected chi connectivity index (χ3v) is 4.64. The van der Waals surface area contributed by atoms with Gasteiger partial charge in [-0.2, -0.15) is 0 Å². The molecule has 3 rings (SSSR count). The standard InChI is InChI=1S/C11H20N2O/c12-10-8-1-6-14-9(8)7-11(10)2-4-13-5-3-11/h8-10,13H,1-7,12H2. The zero-order chi connectivity index (χ0) is 9.60. The number of nitrogens with one attached hydrogen (secondary N) is 1. The molecule has 3 unspecified atom stereocenters. The van der Waals surface area contributed by atoms with Gasteiger partial charge >= 0.3 is 0 Å². The fourth-order valence-electron chi connectivity index (χ4n) is 3.74. The van der Waals surface area contributed by atoms with Crippen molar-refractivity contribution >= 4 is 0 Å². The molecule has 1 spiro atoms. The van der Waals surface area contributed by atoms with Gasteiger partial charge in [0.2, 0.25) is 0 Å². The number of rotatable bonds is 0. The zero-order valence-electron chi connectivity index (χ0n) is 8.67. The normalized spacial score (nSPS) is 45.6. The second-order valence-electron chi connectivity index (χ2n) is 5.20. The highest BCUT2D eigenvalue weighted by Crippen LogP contribution is 2.51. The van der Waals surface area contributed by atoms with Crippen LogP contribution >= 0.6 is 0 Å². The Balaban J connectivity index is 1.81. The molecular formula is C11H20N2O. The largest absolute Gasteiger partial charge is 0.378 e. The minimum Gasteiger partial charge on any atom is -0.378 e. The van der Waals surface area contributed by atoms with E-state index in [-0.39, 0.29) is 0 Å². The first-order valence-corrected chi connectivity index (χ1v) is 5.90. The van der Waals surface area contributed by atoms with Crippen molar-refractivity contribution in [1.82, 2.24) is 5.32 Å². The Morgan fingerprint density at radius 3 is 2.79 bits per heavy atom. The van der Waals surface area contributed by atoms with Gasteiger partial charge in [0.05, 0.1) is 6.10 Å². The molecule has 2 heterocycles. The Morgan fingerprint density at radius 1 is 1.29 bits per heavy atom. The van der Waals surface area contributed by atoms with E-state index in [4.69, 9.17) is 10.5 Å². The van der Waals surface area contributed by atoms with Gasteiger partial charge in [0.15, 0.2) is 0 Å². The van der Waals surface area contributed by atoms with Gasteiger partial charge in [-0.25, -0.2) is 0 Å². The molecule has 14 heavy (non-hydrogen) atoms. The number of hydrogen-bond acceptors (Lipinski definition) is 3. The van der Waals surface area contributed by atoms with Crippen LogP contribution in [0.4, 0.5) is 0 Å². The number of nitrogens with two attached hydrogens (primary N) is 1. The minimum atomic E-state index is 0.400. The fraction of sp³-hybridized carbons (Fsp3) is 1.00. The van der Waals surface area contributed by atoms with E-state index in [1.54, 1.807) is 0 Å². The van der Waals surface area contributed by atoms with E-state index in [1.165, 1.54) is 25.7 Å². The summed E-state index contributed by atoms with van der Waals surface area (Å²) >= 11 is 0. The maximum atomic E-state index is 6.42. The fourth-order valence-corrected chi connectivity index (χ4v) is 3.74. The molecule has 3 aliphatic rings. The van der Waals surface area contributed by atoms with Gasteiger partial charge in [0.25, 0.3) is 0 Å². The van der Waals surface area contributed by atoms with Crippen LogP contribution in [0.15, 0.2) is 0 Å². The van der Waals surface area contributed by atoms with Gasteiger partial charge in [-0.3, -0.25) is 0 Å². The highest BCUT2D eigenvalue weighted by Gasteiger charge is 2.53.